The maximum atomic E-state index is 5.14. The molecular formula is C13H24OSi2. The van der Waals surface area contributed by atoms with Crippen LogP contribution in [0, 0.1) is 0 Å². The first-order valence-corrected chi connectivity index (χ1v) is 13.4. The molecule has 0 radical (unpaired) electrons. The molecule has 0 N–H and O–H groups in total. The highest BCUT2D eigenvalue weighted by molar-refractivity contribution is 7.45. The summed E-state index contributed by atoms with van der Waals surface area (Å²) in [5.41, 5.74) is 1.27. The van der Waals surface area contributed by atoms with Gasteiger partial charge in [-0.3, -0.25) is 0 Å². The molecule has 0 saturated carbocycles. The number of hydrogen-bond acceptors (Lipinski definition) is 1. The Morgan fingerprint density at radius 3 is 1.81 bits per heavy atom. The average Bonchev–Trinajstić information content (AvgIpc) is 2.17. The zero-order valence-corrected chi connectivity index (χ0v) is 13.4. The molecule has 1 nitrogen and oxygen atoms in total. The van der Waals surface area contributed by atoms with Crippen molar-refractivity contribution < 1.29 is 4.74 Å². The topological polar surface area (TPSA) is 9.23 Å². The number of ether oxygens (including phenoxy) is 1. The minimum Gasteiger partial charge on any atom is -0.380 e. The molecule has 0 aromatic heterocycles. The van der Waals surface area contributed by atoms with Crippen molar-refractivity contribution in [2.45, 2.75) is 39.3 Å². The van der Waals surface area contributed by atoms with Crippen LogP contribution in [0.1, 0.15) is 5.56 Å². The van der Waals surface area contributed by atoms with E-state index < -0.39 is 15.2 Å². The Hall–Kier alpha value is -0.386. The van der Waals surface area contributed by atoms with Crippen LogP contribution in [0.25, 0.3) is 0 Å². The van der Waals surface area contributed by atoms with Gasteiger partial charge < -0.3 is 4.74 Å². The first-order chi connectivity index (χ1) is 7.29. The average molecular weight is 253 g/mol. The smallest absolute Gasteiger partial charge is 0.0736 e. The Kier molecular flexibility index (Phi) is 4.15. The molecule has 0 aliphatic heterocycles. The fourth-order valence-electron chi connectivity index (χ4n) is 1.62. The van der Waals surface area contributed by atoms with E-state index in [1.165, 1.54) is 5.56 Å². The summed E-state index contributed by atoms with van der Waals surface area (Å²) in [6.45, 7) is 13.2. The Labute approximate surface area is 102 Å². The highest BCUT2D eigenvalue weighted by atomic mass is 29.3. The molecule has 0 aliphatic rings. The summed E-state index contributed by atoms with van der Waals surface area (Å²) in [7, 11) is -0.538. The molecule has 0 amide bonds. The maximum Gasteiger partial charge on any atom is 0.0736 e. The minimum atomic E-state index is -1.23. The molecule has 0 saturated heterocycles. The highest BCUT2D eigenvalue weighted by Gasteiger charge is 2.37. The summed E-state index contributed by atoms with van der Waals surface area (Å²) in [4.78, 5) is 0. The molecule has 0 bridgehead atoms. The normalized spacial score (nSPS) is 12.9. The predicted molar refractivity (Wildman–Crippen MR) is 77.6 cm³/mol. The van der Waals surface area contributed by atoms with E-state index >= 15 is 0 Å². The van der Waals surface area contributed by atoms with Gasteiger partial charge in [-0.15, -0.1) is 0 Å². The molecule has 1 rings (SSSR count). The molecule has 90 valence electrons. The lowest BCUT2D eigenvalue weighted by atomic mass is 10.2. The van der Waals surface area contributed by atoms with E-state index in [1.54, 1.807) is 12.3 Å². The molecule has 1 aromatic rings. The van der Waals surface area contributed by atoms with Gasteiger partial charge in [0.1, 0.15) is 0 Å². The van der Waals surface area contributed by atoms with Crippen LogP contribution in [0.2, 0.25) is 32.7 Å². The SMILES string of the molecule is COCc1ccc([Si](C)(C)[Si](C)(C)C)cc1. The van der Waals surface area contributed by atoms with Gasteiger partial charge >= 0.3 is 0 Å². The summed E-state index contributed by atoms with van der Waals surface area (Å²) in [6.07, 6.45) is 0. The Balaban J connectivity index is 2.97. The quantitative estimate of drug-likeness (QED) is 0.748. The van der Waals surface area contributed by atoms with Crippen molar-refractivity contribution in [2.24, 2.45) is 0 Å². The monoisotopic (exact) mass is 252 g/mol. The van der Waals surface area contributed by atoms with Gasteiger partial charge in [-0.25, -0.2) is 0 Å². The van der Waals surface area contributed by atoms with E-state index in [9.17, 15) is 0 Å². The van der Waals surface area contributed by atoms with E-state index in [1.807, 2.05) is 0 Å². The largest absolute Gasteiger partial charge is 0.380 e. The summed E-state index contributed by atoms with van der Waals surface area (Å²) < 4.78 is 5.14. The van der Waals surface area contributed by atoms with Crippen LogP contribution in [0.5, 0.6) is 0 Å². The van der Waals surface area contributed by atoms with Crippen LogP contribution in [0.15, 0.2) is 24.3 Å². The van der Waals surface area contributed by atoms with Gasteiger partial charge in [0.2, 0.25) is 0 Å². The van der Waals surface area contributed by atoms with Crippen LogP contribution in [0.3, 0.4) is 0 Å². The van der Waals surface area contributed by atoms with Gasteiger partial charge in [0, 0.05) is 14.7 Å². The zero-order valence-electron chi connectivity index (χ0n) is 11.4. The third-order valence-electron chi connectivity index (χ3n) is 3.86. The fraction of sp³-hybridized carbons (Fsp3) is 0.538. The van der Waals surface area contributed by atoms with Gasteiger partial charge in [-0.05, 0) is 5.56 Å². The zero-order chi connectivity index (χ0) is 12.4. The second kappa shape index (κ2) is 4.86. The van der Waals surface area contributed by atoms with E-state index in [0.717, 1.165) is 6.61 Å². The molecular weight excluding hydrogens is 228 g/mol. The summed E-state index contributed by atoms with van der Waals surface area (Å²) in [5, 5.41) is 1.59. The van der Waals surface area contributed by atoms with Crippen LogP contribution in [-0.4, -0.2) is 22.3 Å². The molecule has 0 spiro atoms. The first kappa shape index (κ1) is 13.7. The molecule has 0 fully saturated rings. The van der Waals surface area contributed by atoms with Crippen LogP contribution < -0.4 is 5.19 Å². The molecule has 0 heterocycles. The molecule has 0 atom stereocenters. The van der Waals surface area contributed by atoms with Gasteiger partial charge in [0.15, 0.2) is 0 Å². The second-order valence-corrected chi connectivity index (χ2v) is 22.6. The van der Waals surface area contributed by atoms with Crippen molar-refractivity contribution in [1.29, 1.82) is 0 Å². The van der Waals surface area contributed by atoms with Gasteiger partial charge in [-0.1, -0.05) is 62.2 Å². The van der Waals surface area contributed by atoms with Crippen molar-refractivity contribution in [2.75, 3.05) is 7.11 Å². The minimum absolute atomic E-state index is 0.717. The number of rotatable bonds is 4. The van der Waals surface area contributed by atoms with Crippen LogP contribution in [-0.2, 0) is 11.3 Å². The first-order valence-electron chi connectivity index (χ1n) is 5.87. The fourth-order valence-corrected chi connectivity index (χ4v) is 6.58. The Bertz CT molecular complexity index is 336. The van der Waals surface area contributed by atoms with Gasteiger partial charge in [0.05, 0.1) is 14.2 Å². The summed E-state index contributed by atoms with van der Waals surface area (Å²) >= 11 is 0. The lowest BCUT2D eigenvalue weighted by molar-refractivity contribution is 0.185. The Morgan fingerprint density at radius 2 is 1.44 bits per heavy atom. The molecule has 16 heavy (non-hydrogen) atoms. The van der Waals surface area contributed by atoms with Crippen molar-refractivity contribution in [3.63, 3.8) is 0 Å². The van der Waals surface area contributed by atoms with E-state index in [4.69, 9.17) is 4.74 Å². The van der Waals surface area contributed by atoms with Crippen molar-refractivity contribution in [3.05, 3.63) is 29.8 Å². The Morgan fingerprint density at radius 1 is 0.938 bits per heavy atom. The van der Waals surface area contributed by atoms with Crippen LogP contribution >= 0.6 is 0 Å². The van der Waals surface area contributed by atoms with Crippen molar-refractivity contribution >= 4 is 20.4 Å². The highest BCUT2D eigenvalue weighted by Crippen LogP contribution is 2.18. The summed E-state index contributed by atoms with van der Waals surface area (Å²) in [6, 6.07) is 9.07. The van der Waals surface area contributed by atoms with E-state index in [2.05, 4.69) is 57.0 Å². The standard InChI is InChI=1S/C13H24OSi2/c1-14-11-12-7-9-13(10-8-12)16(5,6)15(2,3)4/h7-10H,11H2,1-6H3. The second-order valence-electron chi connectivity index (χ2n) is 6.00. The van der Waals surface area contributed by atoms with Crippen molar-refractivity contribution in [3.8, 4) is 0 Å². The maximum absolute atomic E-state index is 5.14. The van der Waals surface area contributed by atoms with Crippen LogP contribution in [0.4, 0.5) is 0 Å². The van der Waals surface area contributed by atoms with Crippen molar-refractivity contribution in [1.82, 2.24) is 0 Å². The predicted octanol–water partition coefficient (Wildman–Crippen LogP) is 3.17. The van der Waals surface area contributed by atoms with E-state index in [0.29, 0.717) is 0 Å². The number of benzene rings is 1. The van der Waals surface area contributed by atoms with Gasteiger partial charge in [0.25, 0.3) is 0 Å². The number of hydrogen-bond donors (Lipinski definition) is 0. The third-order valence-corrected chi connectivity index (χ3v) is 21.5. The molecule has 3 heteroatoms. The summed E-state index contributed by atoms with van der Waals surface area (Å²) in [5.74, 6) is 0. The molecule has 0 aliphatic carbocycles. The third kappa shape index (κ3) is 2.84. The molecule has 0 unspecified atom stereocenters. The van der Waals surface area contributed by atoms with E-state index in [-0.39, 0.29) is 0 Å². The molecule has 1 aromatic carbocycles. The van der Waals surface area contributed by atoms with Gasteiger partial charge in [-0.2, -0.15) is 0 Å². The lowest BCUT2D eigenvalue weighted by Crippen LogP contribution is -2.61. The lowest BCUT2D eigenvalue weighted by Gasteiger charge is -2.35. The number of methoxy groups -OCH3 is 1.